The van der Waals surface area contributed by atoms with Crippen molar-refractivity contribution in [2.24, 2.45) is 10.1 Å². The Balaban J connectivity index is 1.45. The van der Waals surface area contributed by atoms with Crippen molar-refractivity contribution in [1.29, 1.82) is 5.26 Å². The molecule has 2 aliphatic rings. The number of ether oxygens (including phenoxy) is 1. The van der Waals surface area contributed by atoms with Crippen molar-refractivity contribution in [3.8, 4) is 17.5 Å². The van der Waals surface area contributed by atoms with Gasteiger partial charge in [0, 0.05) is 11.8 Å². The fourth-order valence-electron chi connectivity index (χ4n) is 3.37. The zero-order valence-electron chi connectivity index (χ0n) is 17.3. The van der Waals surface area contributed by atoms with E-state index >= 15 is 0 Å². The van der Waals surface area contributed by atoms with E-state index in [0.29, 0.717) is 41.2 Å². The minimum absolute atomic E-state index is 0.282. The average molecular weight is 444 g/mol. The van der Waals surface area contributed by atoms with Crippen LogP contribution in [0.2, 0.25) is 0 Å². The van der Waals surface area contributed by atoms with Gasteiger partial charge in [0.25, 0.3) is 0 Å². The fraction of sp³-hybridized carbons (Fsp3) is 0.143. The number of aliphatic imine (C=N–C) groups is 1. The molecule has 0 saturated carbocycles. The highest BCUT2D eigenvalue weighted by molar-refractivity contribution is 6.15. The Morgan fingerprint density at radius 1 is 1.18 bits per heavy atom. The molecule has 3 aromatic rings. The van der Waals surface area contributed by atoms with Gasteiger partial charge in [-0.1, -0.05) is 0 Å². The summed E-state index contributed by atoms with van der Waals surface area (Å²) in [5, 5.41) is 29.4. The van der Waals surface area contributed by atoms with Crippen molar-refractivity contribution in [3.05, 3.63) is 66.8 Å². The second kappa shape index (κ2) is 8.39. The van der Waals surface area contributed by atoms with Crippen molar-refractivity contribution in [3.63, 3.8) is 0 Å². The third-order valence-electron chi connectivity index (χ3n) is 4.96. The lowest BCUT2D eigenvalue weighted by atomic mass is 10.2. The molecule has 0 fully saturated rings. The second-order valence-corrected chi connectivity index (χ2v) is 7.07. The highest BCUT2D eigenvalue weighted by Crippen LogP contribution is 2.24. The molecular formula is C21H17FN10O. The van der Waals surface area contributed by atoms with Crippen LogP contribution in [-0.4, -0.2) is 56.1 Å². The minimum Gasteiger partial charge on any atom is -0.495 e. The van der Waals surface area contributed by atoms with Gasteiger partial charge in [-0.05, 0) is 30.3 Å². The topological polar surface area (TPSA) is 129 Å². The summed E-state index contributed by atoms with van der Waals surface area (Å²) in [6, 6.07) is 9.76. The smallest absolute Gasteiger partial charge is 0.169 e. The van der Waals surface area contributed by atoms with E-state index in [9.17, 15) is 9.65 Å². The summed E-state index contributed by atoms with van der Waals surface area (Å²) in [4.78, 5) is 8.78. The molecule has 1 atom stereocenters. The normalized spacial score (nSPS) is 16.8. The van der Waals surface area contributed by atoms with E-state index in [1.54, 1.807) is 48.7 Å². The number of anilines is 2. The maximum atomic E-state index is 14.3. The van der Waals surface area contributed by atoms with Gasteiger partial charge in [0.1, 0.15) is 30.0 Å². The lowest BCUT2D eigenvalue weighted by molar-refractivity contribution is 0.413. The Labute approximate surface area is 187 Å². The predicted molar refractivity (Wildman–Crippen MR) is 118 cm³/mol. The highest BCUT2D eigenvalue weighted by Gasteiger charge is 2.33. The molecule has 0 bridgehead atoms. The number of pyridine rings is 1. The number of amidine groups is 2. The molecule has 5 rings (SSSR count). The van der Waals surface area contributed by atoms with Crippen LogP contribution in [0.25, 0.3) is 5.69 Å². The molecule has 0 aliphatic carbocycles. The van der Waals surface area contributed by atoms with Crippen LogP contribution in [0.4, 0.5) is 15.9 Å². The molecule has 1 aromatic carbocycles. The number of nitriles is 1. The van der Waals surface area contributed by atoms with Crippen LogP contribution in [-0.2, 0) is 0 Å². The zero-order valence-corrected chi connectivity index (χ0v) is 17.3. The summed E-state index contributed by atoms with van der Waals surface area (Å²) in [5.74, 6) is 1.75. The van der Waals surface area contributed by atoms with Crippen molar-refractivity contribution >= 4 is 23.2 Å². The van der Waals surface area contributed by atoms with Gasteiger partial charge in [-0.15, -0.1) is 10.2 Å². The molecule has 2 aromatic heterocycles. The minimum atomic E-state index is -0.535. The predicted octanol–water partition coefficient (Wildman–Crippen LogP) is 2.15. The molecule has 0 amide bonds. The first kappa shape index (κ1) is 20.1. The molecular weight excluding hydrogens is 427 g/mol. The van der Waals surface area contributed by atoms with Crippen molar-refractivity contribution in [2.45, 2.75) is 6.04 Å². The Morgan fingerprint density at radius 2 is 2.03 bits per heavy atom. The lowest BCUT2D eigenvalue weighted by Crippen LogP contribution is -2.38. The number of hydrogen-bond acceptors (Lipinski definition) is 10. The van der Waals surface area contributed by atoms with Gasteiger partial charge in [-0.3, -0.25) is 9.56 Å². The van der Waals surface area contributed by atoms with E-state index in [1.165, 1.54) is 23.3 Å². The maximum absolute atomic E-state index is 14.3. The van der Waals surface area contributed by atoms with Crippen molar-refractivity contribution in [2.75, 3.05) is 24.3 Å². The molecule has 1 unspecified atom stereocenters. The standard InChI is InChI=1S/C21H17FN10O/c1-33-15-3-5-19(24-10-15)29-17-7-20(30-32-14(8-23)9-25-21(17)32)28-13-2-4-16(22)18(6-13)31-11-26-27-12-31/h2-7,10-12,14H,9H2,1H3,(H,24,29)(H,28,30). The van der Waals surface area contributed by atoms with E-state index in [2.05, 4.69) is 42.0 Å². The third-order valence-corrected chi connectivity index (χ3v) is 4.96. The number of benzene rings is 1. The van der Waals surface area contributed by atoms with Gasteiger partial charge >= 0.3 is 0 Å². The number of nitrogens with zero attached hydrogens (tertiary/aromatic N) is 8. The summed E-state index contributed by atoms with van der Waals surface area (Å²) in [5.41, 5.74) is 1.48. The van der Waals surface area contributed by atoms with E-state index in [-0.39, 0.29) is 5.69 Å². The average Bonchev–Trinajstić information content (AvgIpc) is 3.51. The summed E-state index contributed by atoms with van der Waals surface area (Å²) < 4.78 is 20.9. The van der Waals surface area contributed by atoms with Crippen LogP contribution in [0, 0.1) is 17.1 Å². The van der Waals surface area contributed by atoms with Gasteiger partial charge in [0.05, 0.1) is 37.3 Å². The molecule has 0 spiro atoms. The van der Waals surface area contributed by atoms with Crippen LogP contribution in [0.5, 0.6) is 5.75 Å². The zero-order chi connectivity index (χ0) is 22.8. The van der Waals surface area contributed by atoms with E-state index < -0.39 is 11.9 Å². The first-order valence-electron chi connectivity index (χ1n) is 9.87. The maximum Gasteiger partial charge on any atom is 0.169 e. The Kier molecular flexibility index (Phi) is 5.12. The molecule has 164 valence electrons. The van der Waals surface area contributed by atoms with Gasteiger partial charge in [0.15, 0.2) is 17.7 Å². The first-order valence-corrected chi connectivity index (χ1v) is 9.87. The largest absolute Gasteiger partial charge is 0.495 e. The van der Waals surface area contributed by atoms with E-state index in [0.717, 1.165) is 0 Å². The summed E-state index contributed by atoms with van der Waals surface area (Å²) in [6.45, 7) is 0.298. The third kappa shape index (κ3) is 3.94. The van der Waals surface area contributed by atoms with Crippen LogP contribution in [0.3, 0.4) is 0 Å². The number of rotatable bonds is 5. The van der Waals surface area contributed by atoms with Crippen molar-refractivity contribution < 1.29 is 9.13 Å². The SMILES string of the molecule is COc1ccc(NC2=CC(Nc3ccc(F)c(-n4cnnc4)c3)=NN3C2=NCC3C#N)nc1. The molecule has 33 heavy (non-hydrogen) atoms. The molecule has 0 radical (unpaired) electrons. The van der Waals surface area contributed by atoms with Gasteiger partial charge in [0.2, 0.25) is 0 Å². The molecule has 4 heterocycles. The van der Waals surface area contributed by atoms with Crippen LogP contribution < -0.4 is 15.4 Å². The monoisotopic (exact) mass is 444 g/mol. The number of hydrazone groups is 1. The summed E-state index contributed by atoms with van der Waals surface area (Å²) in [7, 11) is 1.57. The molecule has 11 nitrogen and oxygen atoms in total. The number of fused-ring (bicyclic) bond motifs is 1. The summed E-state index contributed by atoms with van der Waals surface area (Å²) >= 11 is 0. The second-order valence-electron chi connectivity index (χ2n) is 7.07. The first-order chi connectivity index (χ1) is 16.1. The number of aromatic nitrogens is 4. The molecule has 12 heteroatoms. The number of halogens is 1. The van der Waals surface area contributed by atoms with Crippen LogP contribution in [0.15, 0.2) is 71.1 Å². The molecule has 0 saturated heterocycles. The fourth-order valence-corrected chi connectivity index (χ4v) is 3.37. The Morgan fingerprint density at radius 3 is 2.76 bits per heavy atom. The van der Waals surface area contributed by atoms with Crippen LogP contribution in [0.1, 0.15) is 0 Å². The Hall–Kier alpha value is -4.79. The molecule has 2 N–H and O–H groups in total. The number of hydrogen-bond donors (Lipinski definition) is 2. The number of methoxy groups -OCH3 is 1. The lowest BCUT2D eigenvalue weighted by Gasteiger charge is -2.25. The van der Waals surface area contributed by atoms with Gasteiger partial charge in [-0.2, -0.15) is 10.4 Å². The summed E-state index contributed by atoms with van der Waals surface area (Å²) in [6.07, 6.45) is 6.17. The van der Waals surface area contributed by atoms with Crippen LogP contribution >= 0.6 is 0 Å². The van der Waals surface area contributed by atoms with Gasteiger partial charge in [-0.25, -0.2) is 14.4 Å². The molecule has 2 aliphatic heterocycles. The van der Waals surface area contributed by atoms with Crippen molar-refractivity contribution in [1.82, 2.24) is 24.8 Å². The highest BCUT2D eigenvalue weighted by atomic mass is 19.1. The van der Waals surface area contributed by atoms with E-state index in [1.807, 2.05) is 0 Å². The van der Waals surface area contributed by atoms with E-state index in [4.69, 9.17) is 4.74 Å². The van der Waals surface area contributed by atoms with Gasteiger partial charge < -0.3 is 15.4 Å². The Bertz CT molecular complexity index is 1310. The quantitative estimate of drug-likeness (QED) is 0.613. The number of nitrogens with one attached hydrogen (secondary N) is 2.